The molecule has 1 N–H and O–H groups in total. The van der Waals surface area contributed by atoms with Crippen molar-refractivity contribution in [3.05, 3.63) is 45.0 Å². The predicted octanol–water partition coefficient (Wildman–Crippen LogP) is 5.66. The lowest BCUT2D eigenvalue weighted by molar-refractivity contribution is -0.117. The maximum atomic E-state index is 12.4. The number of carbonyl (C=O) groups excluding carboxylic acids is 1. The third-order valence-electron chi connectivity index (χ3n) is 5.64. The summed E-state index contributed by atoms with van der Waals surface area (Å²) in [6, 6.07) is 5.44. The molecule has 2 aromatic rings. The van der Waals surface area contributed by atoms with E-state index in [-0.39, 0.29) is 5.91 Å². The summed E-state index contributed by atoms with van der Waals surface area (Å²) in [6.45, 7) is 0.499. The standard InChI is InChI=1S/C19H20Cl3N3O/c20-15-4-2-12(7-16(15)21)9-25-10-17(22)19(24-25)23-18(26)8-14-6-11-1-3-13(14)5-11/h2,4,7,10-11,13-14H,1,3,5-6,8-9H2,(H,23,24,26). The molecule has 1 aromatic heterocycles. The lowest BCUT2D eigenvalue weighted by Gasteiger charge is -2.20. The van der Waals surface area contributed by atoms with E-state index in [1.807, 2.05) is 6.07 Å². The summed E-state index contributed by atoms with van der Waals surface area (Å²) in [7, 11) is 0. The Balaban J connectivity index is 1.38. The average molecular weight is 413 g/mol. The Hall–Kier alpha value is -1.23. The average Bonchev–Trinajstić information content (AvgIpc) is 3.28. The van der Waals surface area contributed by atoms with Crippen molar-refractivity contribution in [2.24, 2.45) is 17.8 Å². The van der Waals surface area contributed by atoms with Gasteiger partial charge in [-0.1, -0.05) is 47.3 Å². The molecule has 0 radical (unpaired) electrons. The number of anilines is 1. The molecule has 3 unspecified atom stereocenters. The molecule has 138 valence electrons. The zero-order valence-corrected chi connectivity index (χ0v) is 16.5. The van der Waals surface area contributed by atoms with Gasteiger partial charge in [-0.3, -0.25) is 9.48 Å². The summed E-state index contributed by atoms with van der Waals surface area (Å²) in [6.07, 6.45) is 7.39. The number of fused-ring (bicyclic) bond motifs is 2. The Labute approximate surface area is 167 Å². The van der Waals surface area contributed by atoms with E-state index in [0.717, 1.165) is 17.4 Å². The SMILES string of the molecule is O=C(CC1CC2CCC1C2)Nc1nn(Cc2ccc(Cl)c(Cl)c2)cc1Cl. The molecule has 26 heavy (non-hydrogen) atoms. The van der Waals surface area contributed by atoms with Crippen LogP contribution in [0.1, 0.15) is 37.7 Å². The van der Waals surface area contributed by atoms with Crippen molar-refractivity contribution in [1.29, 1.82) is 0 Å². The van der Waals surface area contributed by atoms with E-state index in [1.54, 1.807) is 23.0 Å². The summed E-state index contributed by atoms with van der Waals surface area (Å²) in [5, 5.41) is 8.72. The predicted molar refractivity (Wildman–Crippen MR) is 105 cm³/mol. The number of amides is 1. The number of hydrogen-bond donors (Lipinski definition) is 1. The second-order valence-electron chi connectivity index (χ2n) is 7.46. The van der Waals surface area contributed by atoms with Crippen molar-refractivity contribution in [1.82, 2.24) is 9.78 Å². The third kappa shape index (κ3) is 3.88. The van der Waals surface area contributed by atoms with Crippen molar-refractivity contribution in [2.45, 2.75) is 38.6 Å². The largest absolute Gasteiger partial charge is 0.308 e. The molecule has 4 rings (SSSR count). The second kappa shape index (κ2) is 7.41. The summed E-state index contributed by atoms with van der Waals surface area (Å²) < 4.78 is 1.69. The van der Waals surface area contributed by atoms with Gasteiger partial charge in [-0.25, -0.2) is 0 Å². The summed E-state index contributed by atoms with van der Waals surface area (Å²) in [5.41, 5.74) is 0.957. The van der Waals surface area contributed by atoms with Gasteiger partial charge in [-0.2, -0.15) is 5.10 Å². The molecule has 3 atom stereocenters. The molecule has 0 saturated heterocycles. The number of hydrogen-bond acceptors (Lipinski definition) is 2. The maximum absolute atomic E-state index is 12.4. The van der Waals surface area contributed by atoms with Gasteiger partial charge >= 0.3 is 0 Å². The van der Waals surface area contributed by atoms with E-state index in [0.29, 0.717) is 39.8 Å². The van der Waals surface area contributed by atoms with Gasteiger partial charge in [0, 0.05) is 12.6 Å². The fraction of sp³-hybridized carbons (Fsp3) is 0.474. The monoisotopic (exact) mass is 411 g/mol. The zero-order valence-electron chi connectivity index (χ0n) is 14.2. The van der Waals surface area contributed by atoms with Crippen molar-refractivity contribution in [3.63, 3.8) is 0 Å². The molecule has 1 heterocycles. The summed E-state index contributed by atoms with van der Waals surface area (Å²) in [5.74, 6) is 2.51. The Morgan fingerprint density at radius 3 is 2.69 bits per heavy atom. The number of aromatic nitrogens is 2. The lowest BCUT2D eigenvalue weighted by atomic mass is 9.86. The Morgan fingerprint density at radius 1 is 1.15 bits per heavy atom. The number of nitrogens with one attached hydrogen (secondary N) is 1. The number of halogens is 3. The van der Waals surface area contributed by atoms with Crippen LogP contribution >= 0.6 is 34.8 Å². The topological polar surface area (TPSA) is 46.9 Å². The molecule has 0 aliphatic heterocycles. The van der Waals surface area contributed by atoms with Gasteiger partial charge in [0.2, 0.25) is 5.91 Å². The van der Waals surface area contributed by atoms with Crippen LogP contribution in [0.25, 0.3) is 0 Å². The molecule has 2 saturated carbocycles. The molecule has 2 fully saturated rings. The normalized spacial score (nSPS) is 24.2. The molecule has 1 amide bonds. The summed E-state index contributed by atoms with van der Waals surface area (Å²) >= 11 is 18.2. The van der Waals surface area contributed by atoms with Gasteiger partial charge in [-0.05, 0) is 54.7 Å². The first kappa shape index (κ1) is 18.1. The quantitative estimate of drug-likeness (QED) is 0.689. The third-order valence-corrected chi connectivity index (χ3v) is 6.65. The van der Waals surface area contributed by atoms with E-state index in [9.17, 15) is 4.79 Å². The van der Waals surface area contributed by atoms with Crippen molar-refractivity contribution < 1.29 is 4.79 Å². The number of nitrogens with zero attached hydrogens (tertiary/aromatic N) is 2. The highest BCUT2D eigenvalue weighted by molar-refractivity contribution is 6.42. The van der Waals surface area contributed by atoms with E-state index in [2.05, 4.69) is 10.4 Å². The molecule has 0 spiro atoms. The van der Waals surface area contributed by atoms with E-state index in [1.165, 1.54) is 25.7 Å². The molecule has 4 nitrogen and oxygen atoms in total. The first-order valence-electron chi connectivity index (χ1n) is 8.94. The lowest BCUT2D eigenvalue weighted by Crippen LogP contribution is -2.20. The minimum absolute atomic E-state index is 0.00392. The van der Waals surface area contributed by atoms with Gasteiger partial charge in [0.05, 0.1) is 16.6 Å². The van der Waals surface area contributed by atoms with Crippen molar-refractivity contribution in [3.8, 4) is 0 Å². The van der Waals surface area contributed by atoms with Gasteiger partial charge in [-0.15, -0.1) is 0 Å². The van der Waals surface area contributed by atoms with Crippen molar-refractivity contribution >= 4 is 46.5 Å². The van der Waals surface area contributed by atoms with Crippen LogP contribution < -0.4 is 5.32 Å². The molecule has 2 bridgehead atoms. The number of rotatable bonds is 5. The number of benzene rings is 1. The van der Waals surface area contributed by atoms with Gasteiger partial charge in [0.1, 0.15) is 5.02 Å². The fourth-order valence-corrected chi connectivity index (χ4v) is 4.95. The molecule has 7 heteroatoms. The first-order valence-corrected chi connectivity index (χ1v) is 10.1. The highest BCUT2D eigenvalue weighted by Crippen LogP contribution is 2.49. The smallest absolute Gasteiger partial charge is 0.225 e. The van der Waals surface area contributed by atoms with Crippen LogP contribution in [0.4, 0.5) is 5.82 Å². The molecular weight excluding hydrogens is 393 g/mol. The second-order valence-corrected chi connectivity index (χ2v) is 8.68. The van der Waals surface area contributed by atoms with Crippen LogP contribution in [0.3, 0.4) is 0 Å². The van der Waals surface area contributed by atoms with Crippen LogP contribution in [0.15, 0.2) is 24.4 Å². The van der Waals surface area contributed by atoms with Gasteiger partial charge < -0.3 is 5.32 Å². The van der Waals surface area contributed by atoms with E-state index >= 15 is 0 Å². The molecule has 1 aromatic carbocycles. The highest BCUT2D eigenvalue weighted by atomic mass is 35.5. The van der Waals surface area contributed by atoms with Crippen LogP contribution in [-0.2, 0) is 11.3 Å². The Morgan fingerprint density at radius 2 is 2.00 bits per heavy atom. The van der Waals surface area contributed by atoms with Crippen LogP contribution in [0, 0.1) is 17.8 Å². The molecule has 2 aliphatic carbocycles. The van der Waals surface area contributed by atoms with E-state index in [4.69, 9.17) is 34.8 Å². The Bertz CT molecular complexity index is 835. The van der Waals surface area contributed by atoms with Crippen LogP contribution in [0.5, 0.6) is 0 Å². The fourth-order valence-electron chi connectivity index (χ4n) is 4.44. The van der Waals surface area contributed by atoms with Gasteiger partial charge in [0.25, 0.3) is 0 Å². The molecular formula is C19H20Cl3N3O. The van der Waals surface area contributed by atoms with Crippen LogP contribution in [-0.4, -0.2) is 15.7 Å². The maximum Gasteiger partial charge on any atom is 0.225 e. The molecule has 2 aliphatic rings. The van der Waals surface area contributed by atoms with Crippen molar-refractivity contribution in [2.75, 3.05) is 5.32 Å². The number of carbonyl (C=O) groups is 1. The summed E-state index contributed by atoms with van der Waals surface area (Å²) in [4.78, 5) is 12.4. The van der Waals surface area contributed by atoms with Gasteiger partial charge in [0.15, 0.2) is 5.82 Å². The first-order chi connectivity index (χ1) is 12.5. The van der Waals surface area contributed by atoms with Crippen LogP contribution in [0.2, 0.25) is 15.1 Å². The zero-order chi connectivity index (χ0) is 18.3. The highest BCUT2D eigenvalue weighted by Gasteiger charge is 2.40. The Kier molecular flexibility index (Phi) is 5.18. The van der Waals surface area contributed by atoms with E-state index < -0.39 is 0 Å². The minimum atomic E-state index is 0.00392. The minimum Gasteiger partial charge on any atom is -0.308 e.